The van der Waals surface area contributed by atoms with Crippen LogP contribution >= 0.6 is 22.6 Å². The van der Waals surface area contributed by atoms with Crippen molar-refractivity contribution < 1.29 is 9.59 Å². The highest BCUT2D eigenvalue weighted by atomic mass is 127. The molecule has 2 N–H and O–H groups in total. The molecule has 0 saturated carbocycles. The van der Waals surface area contributed by atoms with Gasteiger partial charge in [-0.1, -0.05) is 0 Å². The number of rotatable bonds is 5. The van der Waals surface area contributed by atoms with Gasteiger partial charge in [0, 0.05) is 27.4 Å². The molecule has 0 radical (unpaired) electrons. The Morgan fingerprint density at radius 1 is 1.22 bits per heavy atom. The molecule has 23 heavy (non-hydrogen) atoms. The summed E-state index contributed by atoms with van der Waals surface area (Å²) in [7, 11) is 0. The predicted octanol–water partition coefficient (Wildman–Crippen LogP) is 2.82. The normalized spacial score (nSPS) is 11.0. The van der Waals surface area contributed by atoms with Crippen molar-refractivity contribution in [2.45, 2.75) is 13.3 Å². The fourth-order valence-corrected chi connectivity index (χ4v) is 2.08. The topological polar surface area (TPSA) is 83.5 Å². The molecule has 2 aromatic rings. The zero-order chi connectivity index (χ0) is 16.7. The number of halogens is 1. The number of benzene rings is 1. The van der Waals surface area contributed by atoms with Crippen molar-refractivity contribution >= 4 is 45.8 Å². The fourth-order valence-electron chi connectivity index (χ4n) is 1.72. The minimum absolute atomic E-state index is 0.0965. The number of carbonyl (C=O) groups excluding carboxylic acids is 2. The molecule has 0 fully saturated rings. The van der Waals surface area contributed by atoms with E-state index in [0.717, 1.165) is 9.26 Å². The zero-order valence-electron chi connectivity index (χ0n) is 12.4. The maximum atomic E-state index is 11.9. The monoisotopic (exact) mass is 422 g/mol. The van der Waals surface area contributed by atoms with Crippen molar-refractivity contribution in [1.82, 2.24) is 10.4 Å². The van der Waals surface area contributed by atoms with Gasteiger partial charge in [-0.25, -0.2) is 5.43 Å². The number of amides is 2. The number of hydrogen-bond acceptors (Lipinski definition) is 4. The number of carbonyl (C=O) groups is 2. The van der Waals surface area contributed by atoms with E-state index < -0.39 is 0 Å². The number of aromatic nitrogens is 1. The van der Waals surface area contributed by atoms with Crippen molar-refractivity contribution in [2.24, 2.45) is 5.10 Å². The van der Waals surface area contributed by atoms with Crippen LogP contribution < -0.4 is 10.7 Å². The molecule has 1 aromatic heterocycles. The lowest BCUT2D eigenvalue weighted by Gasteiger charge is -2.05. The van der Waals surface area contributed by atoms with Gasteiger partial charge in [-0.2, -0.15) is 5.10 Å². The summed E-state index contributed by atoms with van der Waals surface area (Å²) in [5, 5.41) is 6.70. The van der Waals surface area contributed by atoms with Crippen molar-refractivity contribution in [1.29, 1.82) is 0 Å². The van der Waals surface area contributed by atoms with Gasteiger partial charge < -0.3 is 5.32 Å². The highest BCUT2D eigenvalue weighted by Crippen LogP contribution is 2.11. The van der Waals surface area contributed by atoms with Gasteiger partial charge in [-0.15, -0.1) is 0 Å². The largest absolute Gasteiger partial charge is 0.326 e. The van der Waals surface area contributed by atoms with Gasteiger partial charge in [0.05, 0.1) is 12.0 Å². The van der Waals surface area contributed by atoms with Crippen LogP contribution in [0.4, 0.5) is 5.69 Å². The Bertz CT molecular complexity index is 715. The third kappa shape index (κ3) is 5.78. The molecule has 0 saturated heterocycles. The molecule has 1 aromatic carbocycles. The highest BCUT2D eigenvalue weighted by Gasteiger charge is 2.07. The Morgan fingerprint density at radius 3 is 2.61 bits per heavy atom. The van der Waals surface area contributed by atoms with Crippen LogP contribution in [0.5, 0.6) is 0 Å². The van der Waals surface area contributed by atoms with Crippen molar-refractivity contribution in [3.8, 4) is 0 Å². The minimum Gasteiger partial charge on any atom is -0.326 e. The molecule has 0 aliphatic rings. The summed E-state index contributed by atoms with van der Waals surface area (Å²) >= 11 is 2.20. The first-order valence-corrected chi connectivity index (χ1v) is 7.91. The van der Waals surface area contributed by atoms with E-state index in [1.165, 1.54) is 6.20 Å². The Labute approximate surface area is 147 Å². The molecule has 7 heteroatoms. The summed E-state index contributed by atoms with van der Waals surface area (Å²) in [6, 6.07) is 10.8. The quantitative estimate of drug-likeness (QED) is 0.442. The van der Waals surface area contributed by atoms with E-state index in [-0.39, 0.29) is 18.2 Å². The van der Waals surface area contributed by atoms with Gasteiger partial charge in [-0.3, -0.25) is 14.6 Å². The van der Waals surface area contributed by atoms with Gasteiger partial charge in [0.1, 0.15) is 0 Å². The molecule has 6 nitrogen and oxygen atoms in total. The molecule has 0 aliphatic carbocycles. The molecular weight excluding hydrogens is 407 g/mol. The summed E-state index contributed by atoms with van der Waals surface area (Å²) < 4.78 is 1.09. The van der Waals surface area contributed by atoms with Crippen LogP contribution in [0.3, 0.4) is 0 Å². The van der Waals surface area contributed by atoms with E-state index in [2.05, 4.69) is 43.4 Å². The number of anilines is 1. The molecule has 2 rings (SSSR count). The summed E-state index contributed by atoms with van der Waals surface area (Å²) in [6.45, 7) is 1.68. The zero-order valence-corrected chi connectivity index (χ0v) is 14.6. The molecular formula is C16H15IN4O2. The summed E-state index contributed by atoms with van der Waals surface area (Å²) in [5.74, 6) is -0.557. The van der Waals surface area contributed by atoms with Crippen LogP contribution in [0.25, 0.3) is 0 Å². The van der Waals surface area contributed by atoms with Crippen LogP contribution in [0.15, 0.2) is 53.9 Å². The minimum atomic E-state index is -0.365. The highest BCUT2D eigenvalue weighted by molar-refractivity contribution is 14.1. The SMILES string of the molecule is C/C(CC(=O)Nc1ccc(I)cc1)=N\NC(=O)c1cccnc1. The predicted molar refractivity (Wildman–Crippen MR) is 97.2 cm³/mol. The molecule has 0 atom stereocenters. The van der Waals surface area contributed by atoms with Crippen LogP contribution in [0.2, 0.25) is 0 Å². The van der Waals surface area contributed by atoms with Crippen LogP contribution in [0.1, 0.15) is 23.7 Å². The number of nitrogens with one attached hydrogen (secondary N) is 2. The molecule has 118 valence electrons. The Kier molecular flexibility index (Phi) is 6.21. The lowest BCUT2D eigenvalue weighted by molar-refractivity contribution is -0.115. The molecule has 0 spiro atoms. The summed E-state index contributed by atoms with van der Waals surface area (Å²) in [4.78, 5) is 27.6. The third-order valence-corrected chi connectivity index (χ3v) is 3.54. The van der Waals surface area contributed by atoms with Gasteiger partial charge in [-0.05, 0) is 65.9 Å². The average molecular weight is 422 g/mol. The summed E-state index contributed by atoms with van der Waals surface area (Å²) in [6.07, 6.45) is 3.13. The van der Waals surface area contributed by atoms with E-state index in [9.17, 15) is 9.59 Å². The first kappa shape index (κ1) is 17.1. The number of hydrazone groups is 1. The first-order valence-electron chi connectivity index (χ1n) is 6.83. The Balaban J connectivity index is 1.85. The van der Waals surface area contributed by atoms with Crippen LogP contribution in [0, 0.1) is 3.57 Å². The molecule has 2 amide bonds. The van der Waals surface area contributed by atoms with E-state index in [4.69, 9.17) is 0 Å². The van der Waals surface area contributed by atoms with Gasteiger partial charge in [0.15, 0.2) is 0 Å². The maximum Gasteiger partial charge on any atom is 0.272 e. The lowest BCUT2D eigenvalue weighted by atomic mass is 10.2. The van der Waals surface area contributed by atoms with Gasteiger partial charge >= 0.3 is 0 Å². The number of pyridine rings is 1. The van der Waals surface area contributed by atoms with Gasteiger partial charge in [0.2, 0.25) is 5.91 Å². The van der Waals surface area contributed by atoms with Crippen molar-refractivity contribution in [2.75, 3.05) is 5.32 Å². The van der Waals surface area contributed by atoms with E-state index in [1.807, 2.05) is 24.3 Å². The number of hydrogen-bond donors (Lipinski definition) is 2. The Hall–Kier alpha value is -2.29. The maximum absolute atomic E-state index is 11.9. The second kappa shape index (κ2) is 8.37. The van der Waals surface area contributed by atoms with Crippen molar-refractivity contribution in [3.63, 3.8) is 0 Å². The van der Waals surface area contributed by atoms with E-state index >= 15 is 0 Å². The lowest BCUT2D eigenvalue weighted by Crippen LogP contribution is -2.21. The molecule has 0 aliphatic heterocycles. The standard InChI is InChI=1S/C16H15IN4O2/c1-11(20-21-16(23)12-3-2-8-18-10-12)9-15(22)19-14-6-4-13(17)5-7-14/h2-8,10H,9H2,1H3,(H,19,22)(H,21,23)/b20-11+. The number of nitrogens with zero attached hydrogens (tertiary/aromatic N) is 2. The molecule has 1 heterocycles. The van der Waals surface area contributed by atoms with Gasteiger partial charge in [0.25, 0.3) is 5.91 Å². The van der Waals surface area contributed by atoms with Crippen LogP contribution in [-0.4, -0.2) is 22.5 Å². The molecule has 0 bridgehead atoms. The average Bonchev–Trinajstić information content (AvgIpc) is 2.55. The molecule has 0 unspecified atom stereocenters. The third-order valence-electron chi connectivity index (χ3n) is 2.82. The van der Waals surface area contributed by atoms with Crippen LogP contribution in [-0.2, 0) is 4.79 Å². The van der Waals surface area contributed by atoms with E-state index in [1.54, 1.807) is 25.3 Å². The fraction of sp³-hybridized carbons (Fsp3) is 0.125. The Morgan fingerprint density at radius 2 is 1.96 bits per heavy atom. The first-order chi connectivity index (χ1) is 11.0. The summed E-state index contributed by atoms with van der Waals surface area (Å²) in [5.41, 5.74) is 4.04. The second-order valence-corrected chi connectivity index (χ2v) is 6.01. The smallest absolute Gasteiger partial charge is 0.272 e. The second-order valence-electron chi connectivity index (χ2n) is 4.76. The van der Waals surface area contributed by atoms with E-state index in [0.29, 0.717) is 11.3 Å². The van der Waals surface area contributed by atoms with Crippen molar-refractivity contribution in [3.05, 3.63) is 57.9 Å².